The molecule has 0 unspecified atom stereocenters. The van der Waals surface area contributed by atoms with Gasteiger partial charge in [-0.3, -0.25) is 5.21 Å². The van der Waals surface area contributed by atoms with Gasteiger partial charge in [-0.15, -0.1) is 5.17 Å². The molecule has 3 aliphatic heterocycles. The highest BCUT2D eigenvalue weighted by molar-refractivity contribution is 7.89. The first kappa shape index (κ1) is 19.7. The minimum atomic E-state index is -3.75. The van der Waals surface area contributed by atoms with Gasteiger partial charge in [0.05, 0.1) is 17.5 Å². The van der Waals surface area contributed by atoms with Crippen molar-refractivity contribution in [1.82, 2.24) is 14.5 Å². The highest BCUT2D eigenvalue weighted by atomic mass is 32.2. The summed E-state index contributed by atoms with van der Waals surface area (Å²) in [5.74, 6) is -0.0921. The minimum Gasteiger partial charge on any atom is -0.435 e. The Hall–Kier alpha value is -1.63. The Bertz CT molecular complexity index is 838. The molecule has 28 heavy (non-hydrogen) atoms. The molecule has 1 aromatic carbocycles. The van der Waals surface area contributed by atoms with Gasteiger partial charge in [-0.1, -0.05) is 0 Å². The summed E-state index contributed by atoms with van der Waals surface area (Å²) in [6.45, 7) is -0.431. The number of hydrazine groups is 1. The maximum atomic E-state index is 12.8. The van der Waals surface area contributed by atoms with Crippen LogP contribution in [0.4, 0.5) is 8.78 Å². The van der Waals surface area contributed by atoms with Crippen molar-refractivity contribution in [2.24, 2.45) is 0 Å². The summed E-state index contributed by atoms with van der Waals surface area (Å²) in [5.41, 5.74) is 1.94. The predicted molar refractivity (Wildman–Crippen MR) is 93.3 cm³/mol. The monoisotopic (exact) mass is 417 g/mol. The zero-order chi connectivity index (χ0) is 19.9. The number of halogens is 2. The third kappa shape index (κ3) is 3.78. The molecule has 1 fully saturated rings. The van der Waals surface area contributed by atoms with Crippen molar-refractivity contribution in [3.63, 3.8) is 0 Å². The number of ether oxygens (including phenoxy) is 2. The lowest BCUT2D eigenvalue weighted by atomic mass is 10.2. The third-order valence-electron chi connectivity index (χ3n) is 5.19. The summed E-state index contributed by atoms with van der Waals surface area (Å²) in [7, 11) is -3.75. The van der Waals surface area contributed by atoms with Crippen molar-refractivity contribution in [3.8, 4) is 5.75 Å². The lowest BCUT2D eigenvalue weighted by Crippen LogP contribution is -2.47. The summed E-state index contributed by atoms with van der Waals surface area (Å²) in [6, 6.07) is 4.88. The molecule has 1 aromatic rings. The Kier molecular flexibility index (Phi) is 5.38. The van der Waals surface area contributed by atoms with E-state index in [9.17, 15) is 22.4 Å². The second kappa shape index (κ2) is 7.65. The van der Waals surface area contributed by atoms with E-state index in [1.807, 2.05) is 0 Å². The fourth-order valence-electron chi connectivity index (χ4n) is 3.72. The molecule has 1 N–H and O–H groups in total. The molecule has 0 spiro atoms. The summed E-state index contributed by atoms with van der Waals surface area (Å²) in [4.78, 5) is 0.0269. The molecule has 0 aromatic heterocycles. The number of alkyl halides is 2. The SMILES string of the molecule is O=S(=O)(c1ccc(OC(F)F)cc1)N1CC2=C(CN(N(O)[C@@H]3CCOC3)C2)C1. The van der Waals surface area contributed by atoms with Gasteiger partial charge in [-0.05, 0) is 41.8 Å². The zero-order valence-electron chi connectivity index (χ0n) is 15.0. The quantitative estimate of drug-likeness (QED) is 0.552. The van der Waals surface area contributed by atoms with E-state index in [0.717, 1.165) is 17.6 Å². The fourth-order valence-corrected chi connectivity index (χ4v) is 5.15. The Morgan fingerprint density at radius 1 is 1.14 bits per heavy atom. The molecule has 1 atom stereocenters. The van der Waals surface area contributed by atoms with E-state index in [2.05, 4.69) is 4.74 Å². The van der Waals surface area contributed by atoms with Crippen LogP contribution in [0.1, 0.15) is 6.42 Å². The summed E-state index contributed by atoms with van der Waals surface area (Å²) < 4.78 is 61.1. The average Bonchev–Trinajstić information content (AvgIpc) is 3.37. The lowest BCUT2D eigenvalue weighted by Gasteiger charge is -2.31. The molecular formula is C17H21F2N3O5S. The number of sulfonamides is 1. The highest BCUT2D eigenvalue weighted by Gasteiger charge is 2.39. The van der Waals surface area contributed by atoms with E-state index in [-0.39, 0.29) is 29.8 Å². The van der Waals surface area contributed by atoms with Crippen molar-refractivity contribution in [2.75, 3.05) is 39.4 Å². The number of nitrogens with zero attached hydrogens (tertiary/aromatic N) is 3. The fraction of sp³-hybridized carbons (Fsp3) is 0.529. The van der Waals surface area contributed by atoms with Crippen LogP contribution in [0.25, 0.3) is 0 Å². The van der Waals surface area contributed by atoms with Crippen molar-refractivity contribution in [3.05, 3.63) is 35.4 Å². The van der Waals surface area contributed by atoms with Gasteiger partial charge in [0.2, 0.25) is 10.0 Å². The molecule has 0 saturated carbocycles. The second-order valence-electron chi connectivity index (χ2n) is 6.99. The highest BCUT2D eigenvalue weighted by Crippen LogP contribution is 2.31. The Balaban J connectivity index is 1.38. The molecule has 4 rings (SSSR count). The Morgan fingerprint density at radius 2 is 1.79 bits per heavy atom. The molecule has 0 bridgehead atoms. The van der Waals surface area contributed by atoms with E-state index < -0.39 is 16.6 Å². The van der Waals surface area contributed by atoms with Gasteiger partial charge in [-0.2, -0.15) is 13.1 Å². The van der Waals surface area contributed by atoms with Crippen LogP contribution in [0.3, 0.4) is 0 Å². The van der Waals surface area contributed by atoms with E-state index >= 15 is 0 Å². The first-order chi connectivity index (χ1) is 13.3. The maximum absolute atomic E-state index is 12.8. The molecule has 1 saturated heterocycles. The largest absolute Gasteiger partial charge is 0.435 e. The Morgan fingerprint density at radius 3 is 2.32 bits per heavy atom. The number of hydrogen-bond donors (Lipinski definition) is 1. The van der Waals surface area contributed by atoms with Crippen LogP contribution in [0.5, 0.6) is 5.75 Å². The molecule has 8 nitrogen and oxygen atoms in total. The molecule has 11 heteroatoms. The molecule has 0 radical (unpaired) electrons. The van der Waals surface area contributed by atoms with Crippen LogP contribution in [0.15, 0.2) is 40.3 Å². The van der Waals surface area contributed by atoms with Gasteiger partial charge < -0.3 is 9.47 Å². The van der Waals surface area contributed by atoms with Gasteiger partial charge in [0.1, 0.15) is 5.75 Å². The number of hydroxylamine groups is 1. The molecule has 0 aliphatic carbocycles. The van der Waals surface area contributed by atoms with Gasteiger partial charge in [0, 0.05) is 32.8 Å². The molecule has 0 amide bonds. The van der Waals surface area contributed by atoms with Gasteiger partial charge in [-0.25, -0.2) is 13.4 Å². The van der Waals surface area contributed by atoms with Gasteiger partial charge in [0.25, 0.3) is 0 Å². The second-order valence-corrected chi connectivity index (χ2v) is 8.93. The number of hydrogen-bond acceptors (Lipinski definition) is 7. The number of rotatable bonds is 6. The van der Waals surface area contributed by atoms with Gasteiger partial charge >= 0.3 is 6.61 Å². The Labute approximate surface area is 161 Å². The smallest absolute Gasteiger partial charge is 0.387 e. The molecule has 3 aliphatic rings. The van der Waals surface area contributed by atoms with Crippen molar-refractivity contribution in [1.29, 1.82) is 0 Å². The third-order valence-corrected chi connectivity index (χ3v) is 7.00. The first-order valence-electron chi connectivity index (χ1n) is 8.90. The van der Waals surface area contributed by atoms with Crippen molar-refractivity contribution < 1.29 is 31.9 Å². The standard InChI is InChI=1S/C17H21F2N3O5S/c18-17(19)27-15-1-3-16(4-2-15)28(24,25)21-9-12-7-20(8-13(12)10-21)22(23)14-5-6-26-11-14/h1-4,14,17,23H,5-11H2/t14-/m1/s1. The number of benzene rings is 1. The summed E-state index contributed by atoms with van der Waals surface area (Å²) in [5, 5.41) is 13.4. The van der Waals surface area contributed by atoms with E-state index in [4.69, 9.17) is 4.74 Å². The summed E-state index contributed by atoms with van der Waals surface area (Å²) >= 11 is 0. The molecular weight excluding hydrogens is 396 g/mol. The minimum absolute atomic E-state index is 0.0269. The topological polar surface area (TPSA) is 82.6 Å². The van der Waals surface area contributed by atoms with Crippen LogP contribution >= 0.6 is 0 Å². The van der Waals surface area contributed by atoms with Crippen molar-refractivity contribution in [2.45, 2.75) is 24.0 Å². The summed E-state index contributed by atoms with van der Waals surface area (Å²) in [6.07, 6.45) is 0.753. The van der Waals surface area contributed by atoms with Crippen LogP contribution in [0, 0.1) is 0 Å². The average molecular weight is 417 g/mol. The zero-order valence-corrected chi connectivity index (χ0v) is 15.8. The maximum Gasteiger partial charge on any atom is 0.387 e. The molecule has 3 heterocycles. The van der Waals surface area contributed by atoms with Gasteiger partial charge in [0.15, 0.2) is 0 Å². The lowest BCUT2D eigenvalue weighted by molar-refractivity contribution is -0.262. The predicted octanol–water partition coefficient (Wildman–Crippen LogP) is 1.30. The van der Waals surface area contributed by atoms with Crippen molar-refractivity contribution >= 4 is 10.0 Å². The normalized spacial score (nSPS) is 24.0. The first-order valence-corrected chi connectivity index (χ1v) is 10.3. The van der Waals surface area contributed by atoms with E-state index in [1.165, 1.54) is 33.7 Å². The van der Waals surface area contributed by atoms with E-state index in [0.29, 0.717) is 26.3 Å². The van der Waals surface area contributed by atoms with Crippen LogP contribution in [-0.2, 0) is 14.8 Å². The van der Waals surface area contributed by atoms with Crippen LogP contribution in [0.2, 0.25) is 0 Å². The van der Waals surface area contributed by atoms with Crippen LogP contribution in [-0.4, -0.2) is 80.2 Å². The van der Waals surface area contributed by atoms with E-state index in [1.54, 1.807) is 5.01 Å². The van der Waals surface area contributed by atoms with Crippen LogP contribution < -0.4 is 4.74 Å². The molecule has 154 valence electrons.